The fourth-order valence-corrected chi connectivity index (χ4v) is 14.2. The molecular formula is C56H39NOSi. The monoisotopic (exact) mass is 769 g/mol. The highest BCUT2D eigenvalue weighted by atomic mass is 28.3. The van der Waals surface area contributed by atoms with Crippen LogP contribution in [0.25, 0.3) is 43.8 Å². The first-order valence-corrected chi connectivity index (χ1v) is 22.3. The average Bonchev–Trinajstić information content (AvgIpc) is 3.32. The van der Waals surface area contributed by atoms with E-state index in [4.69, 9.17) is 4.74 Å². The van der Waals surface area contributed by atoms with E-state index in [1.54, 1.807) is 0 Å². The molecule has 0 saturated heterocycles. The fourth-order valence-electron chi connectivity index (χ4n) is 9.28. The van der Waals surface area contributed by atoms with Crippen molar-refractivity contribution in [2.45, 2.75) is 0 Å². The molecule has 1 aliphatic heterocycles. The Labute approximate surface area is 345 Å². The van der Waals surface area contributed by atoms with E-state index < -0.39 is 8.07 Å². The van der Waals surface area contributed by atoms with Gasteiger partial charge >= 0.3 is 0 Å². The molecule has 0 aromatic heterocycles. The Morgan fingerprint density at radius 3 is 1.44 bits per heavy atom. The third-order valence-corrected chi connectivity index (χ3v) is 16.9. The van der Waals surface area contributed by atoms with Gasteiger partial charge in [-0.2, -0.15) is 0 Å². The minimum Gasteiger partial charge on any atom is -0.458 e. The van der Waals surface area contributed by atoms with E-state index in [1.807, 2.05) is 0 Å². The third-order valence-electron chi connectivity index (χ3n) is 12.0. The van der Waals surface area contributed by atoms with E-state index in [1.165, 1.54) is 64.5 Å². The Kier molecular flexibility index (Phi) is 8.53. The molecule has 1 heterocycles. The first-order valence-electron chi connectivity index (χ1n) is 20.3. The van der Waals surface area contributed by atoms with Gasteiger partial charge in [-0.15, -0.1) is 0 Å². The molecule has 59 heavy (non-hydrogen) atoms. The van der Waals surface area contributed by atoms with Crippen molar-refractivity contribution < 1.29 is 4.74 Å². The van der Waals surface area contributed by atoms with Crippen LogP contribution in [0.4, 0.5) is 17.1 Å². The van der Waals surface area contributed by atoms with Gasteiger partial charge in [-0.05, 0) is 102 Å². The van der Waals surface area contributed by atoms with Gasteiger partial charge in [0.25, 0.3) is 0 Å². The van der Waals surface area contributed by atoms with Gasteiger partial charge in [0.1, 0.15) is 11.5 Å². The molecule has 0 bridgehead atoms. The number of fused-ring (bicyclic) bond motifs is 4. The summed E-state index contributed by atoms with van der Waals surface area (Å²) in [5, 5.41) is 10.1. The maximum atomic E-state index is 6.68. The van der Waals surface area contributed by atoms with E-state index in [9.17, 15) is 0 Å². The van der Waals surface area contributed by atoms with Crippen molar-refractivity contribution >= 4 is 67.4 Å². The molecule has 11 rings (SSSR count). The van der Waals surface area contributed by atoms with Crippen LogP contribution in [0.15, 0.2) is 237 Å². The highest BCUT2D eigenvalue weighted by molar-refractivity contribution is 7.20. The standard InChI is InChI=1S/C56H39NOSi/c1-2-14-40(15-3-1)41-30-36-47(37-31-41)59(55-26-10-8-24-53(55)58-54-25-9-11-27-56(54)59)48-38-34-46(35-39-48)57(52-23-13-19-43-17-5-7-21-51(43)52)45-32-28-44(29-33-45)50-22-12-18-42-16-4-6-20-49(42)50/h1-39H. The summed E-state index contributed by atoms with van der Waals surface area (Å²) in [6.45, 7) is 0. The van der Waals surface area contributed by atoms with Crippen LogP contribution < -0.4 is 30.4 Å². The topological polar surface area (TPSA) is 12.5 Å². The molecule has 0 radical (unpaired) electrons. The molecule has 10 aromatic carbocycles. The number of ether oxygens (including phenoxy) is 1. The number of rotatable bonds is 7. The predicted molar refractivity (Wildman–Crippen MR) is 251 cm³/mol. The van der Waals surface area contributed by atoms with E-state index in [0.717, 1.165) is 28.6 Å². The molecule has 0 amide bonds. The van der Waals surface area contributed by atoms with E-state index in [-0.39, 0.29) is 0 Å². The van der Waals surface area contributed by atoms with E-state index in [2.05, 4.69) is 241 Å². The zero-order valence-corrected chi connectivity index (χ0v) is 33.4. The Hall–Kier alpha value is -7.46. The zero-order chi connectivity index (χ0) is 39.2. The lowest BCUT2D eigenvalue weighted by Crippen LogP contribution is -2.76. The second kappa shape index (κ2) is 14.5. The first kappa shape index (κ1) is 34.8. The number of benzene rings is 10. The lowest BCUT2D eigenvalue weighted by atomic mass is 9.98. The predicted octanol–water partition coefficient (Wildman–Crippen LogP) is 12.3. The lowest BCUT2D eigenvalue weighted by Gasteiger charge is -2.39. The van der Waals surface area contributed by atoms with Gasteiger partial charge in [0.2, 0.25) is 0 Å². The number of para-hydroxylation sites is 2. The maximum Gasteiger partial charge on any atom is 0.188 e. The molecule has 3 heteroatoms. The zero-order valence-electron chi connectivity index (χ0n) is 32.4. The number of hydrogen-bond acceptors (Lipinski definition) is 2. The molecular weight excluding hydrogens is 731 g/mol. The fraction of sp³-hybridized carbons (Fsp3) is 0. The number of nitrogens with zero attached hydrogens (tertiary/aromatic N) is 1. The van der Waals surface area contributed by atoms with Gasteiger partial charge in [0.05, 0.1) is 5.69 Å². The smallest absolute Gasteiger partial charge is 0.188 e. The largest absolute Gasteiger partial charge is 0.458 e. The molecule has 2 nitrogen and oxygen atoms in total. The highest BCUT2D eigenvalue weighted by Crippen LogP contribution is 2.40. The normalized spacial score (nSPS) is 12.7. The summed E-state index contributed by atoms with van der Waals surface area (Å²) in [4.78, 5) is 2.41. The Balaban J connectivity index is 1.08. The molecule has 0 unspecified atom stereocenters. The van der Waals surface area contributed by atoms with Crippen LogP contribution in [-0.2, 0) is 0 Å². The molecule has 0 atom stereocenters. The average molecular weight is 770 g/mol. The van der Waals surface area contributed by atoms with Crippen molar-refractivity contribution in [3.05, 3.63) is 237 Å². The summed E-state index contributed by atoms with van der Waals surface area (Å²) >= 11 is 0. The summed E-state index contributed by atoms with van der Waals surface area (Å²) in [6.07, 6.45) is 0. The quantitative estimate of drug-likeness (QED) is 0.150. The van der Waals surface area contributed by atoms with E-state index >= 15 is 0 Å². The van der Waals surface area contributed by atoms with Gasteiger partial charge in [-0.1, -0.05) is 194 Å². The summed E-state index contributed by atoms with van der Waals surface area (Å²) in [7, 11) is -2.87. The number of anilines is 3. The molecule has 0 N–H and O–H groups in total. The molecule has 278 valence electrons. The summed E-state index contributed by atoms with van der Waals surface area (Å²) in [5.74, 6) is 1.86. The van der Waals surface area contributed by atoms with Crippen molar-refractivity contribution in [1.82, 2.24) is 0 Å². The van der Waals surface area contributed by atoms with Gasteiger partial charge in [-0.25, -0.2) is 0 Å². The van der Waals surface area contributed by atoms with Crippen LogP contribution in [0.2, 0.25) is 0 Å². The Morgan fingerprint density at radius 1 is 0.322 bits per heavy atom. The molecule has 0 fully saturated rings. The third kappa shape index (κ3) is 5.86. The highest BCUT2D eigenvalue weighted by Gasteiger charge is 2.47. The maximum absolute atomic E-state index is 6.68. The first-order chi connectivity index (χ1) is 29.3. The van der Waals surface area contributed by atoms with Gasteiger partial charge in [0, 0.05) is 16.8 Å². The molecule has 0 saturated carbocycles. The summed E-state index contributed by atoms with van der Waals surface area (Å²) in [5.41, 5.74) is 8.19. The SMILES string of the molecule is c1ccc(-c2ccc([Si]3(c4ccc(N(c5ccc(-c6cccc7ccccc67)cc5)c5cccc6ccccc56)cc4)c4ccccc4Oc4ccccc43)cc2)cc1. The van der Waals surface area contributed by atoms with Crippen LogP contribution in [0.3, 0.4) is 0 Å². The summed E-state index contributed by atoms with van der Waals surface area (Å²) in [6, 6.07) is 86.2. The Bertz CT molecular complexity index is 3060. The van der Waals surface area contributed by atoms with Crippen LogP contribution in [0, 0.1) is 0 Å². The minimum absolute atomic E-state index is 0.928. The van der Waals surface area contributed by atoms with Crippen LogP contribution >= 0.6 is 0 Å². The number of hydrogen-bond donors (Lipinski definition) is 0. The molecule has 1 aliphatic rings. The van der Waals surface area contributed by atoms with E-state index in [0.29, 0.717) is 0 Å². The second-order valence-corrected chi connectivity index (χ2v) is 19.0. The summed E-state index contributed by atoms with van der Waals surface area (Å²) < 4.78 is 6.68. The van der Waals surface area contributed by atoms with Crippen molar-refractivity contribution in [2.24, 2.45) is 0 Å². The Morgan fingerprint density at radius 2 is 0.780 bits per heavy atom. The van der Waals surface area contributed by atoms with Crippen molar-refractivity contribution in [3.8, 4) is 33.8 Å². The minimum atomic E-state index is -2.87. The molecule has 0 aliphatic carbocycles. The van der Waals surface area contributed by atoms with Crippen molar-refractivity contribution in [2.75, 3.05) is 4.90 Å². The van der Waals surface area contributed by atoms with Crippen LogP contribution in [0.5, 0.6) is 11.5 Å². The molecule has 10 aromatic rings. The van der Waals surface area contributed by atoms with Gasteiger partial charge in [0.15, 0.2) is 8.07 Å². The van der Waals surface area contributed by atoms with Crippen LogP contribution in [-0.4, -0.2) is 8.07 Å². The molecule has 0 spiro atoms. The van der Waals surface area contributed by atoms with Crippen molar-refractivity contribution in [3.63, 3.8) is 0 Å². The van der Waals surface area contributed by atoms with Crippen molar-refractivity contribution in [1.29, 1.82) is 0 Å². The lowest BCUT2D eigenvalue weighted by molar-refractivity contribution is 0.487. The van der Waals surface area contributed by atoms with Gasteiger partial charge in [-0.3, -0.25) is 0 Å². The second-order valence-electron chi connectivity index (χ2n) is 15.2. The van der Waals surface area contributed by atoms with Gasteiger partial charge < -0.3 is 9.64 Å². The van der Waals surface area contributed by atoms with Crippen LogP contribution in [0.1, 0.15) is 0 Å².